The molecule has 0 aromatic heterocycles. The third-order valence-electron chi connectivity index (χ3n) is 2.97. The second kappa shape index (κ2) is 6.40. The second-order valence-corrected chi connectivity index (χ2v) is 5.13. The van der Waals surface area contributed by atoms with Gasteiger partial charge in [-0.3, -0.25) is 0 Å². The number of aliphatic hydroxyl groups is 2. The van der Waals surface area contributed by atoms with Gasteiger partial charge in [0.05, 0.1) is 16.1 Å². The molecule has 19 heavy (non-hydrogen) atoms. The van der Waals surface area contributed by atoms with Crippen molar-refractivity contribution in [3.8, 4) is 0 Å². The summed E-state index contributed by atoms with van der Waals surface area (Å²) in [4.78, 5) is 0. The fraction of sp³-hybridized carbons (Fsp3) is 0.200. The van der Waals surface area contributed by atoms with E-state index in [0.717, 1.165) is 5.56 Å². The molecule has 4 heteroatoms. The highest BCUT2D eigenvalue weighted by Crippen LogP contribution is 2.28. The Morgan fingerprint density at radius 2 is 1.58 bits per heavy atom. The lowest BCUT2D eigenvalue weighted by Crippen LogP contribution is -2.21. The lowest BCUT2D eigenvalue weighted by atomic mass is 9.98. The Labute approximate surface area is 122 Å². The highest BCUT2D eigenvalue weighted by Gasteiger charge is 2.20. The van der Waals surface area contributed by atoms with Crippen LogP contribution in [0.1, 0.15) is 17.2 Å². The quantitative estimate of drug-likeness (QED) is 0.904. The van der Waals surface area contributed by atoms with Crippen molar-refractivity contribution in [2.75, 3.05) is 0 Å². The molecule has 0 radical (unpaired) electrons. The normalized spacial score (nSPS) is 14.1. The monoisotopic (exact) mass is 296 g/mol. The van der Waals surface area contributed by atoms with Gasteiger partial charge in [-0.2, -0.15) is 0 Å². The van der Waals surface area contributed by atoms with Gasteiger partial charge in [0, 0.05) is 6.42 Å². The van der Waals surface area contributed by atoms with E-state index in [9.17, 15) is 10.2 Å². The molecular formula is C15H14Cl2O2. The van der Waals surface area contributed by atoms with Gasteiger partial charge in [0.2, 0.25) is 0 Å². The molecule has 2 atom stereocenters. The number of hydrogen-bond donors (Lipinski definition) is 2. The molecule has 0 aliphatic heterocycles. The lowest BCUT2D eigenvalue weighted by molar-refractivity contribution is 0.0190. The molecule has 2 aromatic rings. The average Bonchev–Trinajstić information content (AvgIpc) is 2.44. The number of halogens is 2. The summed E-state index contributed by atoms with van der Waals surface area (Å²) < 4.78 is 0. The average molecular weight is 297 g/mol. The van der Waals surface area contributed by atoms with Crippen molar-refractivity contribution in [1.82, 2.24) is 0 Å². The van der Waals surface area contributed by atoms with Crippen LogP contribution < -0.4 is 0 Å². The van der Waals surface area contributed by atoms with Crippen molar-refractivity contribution in [2.24, 2.45) is 0 Å². The predicted octanol–water partition coefficient (Wildman–Crippen LogP) is 3.63. The summed E-state index contributed by atoms with van der Waals surface area (Å²) in [6.07, 6.45) is -1.63. The maximum absolute atomic E-state index is 10.1. The van der Waals surface area contributed by atoms with Crippen LogP contribution in [0, 0.1) is 0 Å². The summed E-state index contributed by atoms with van der Waals surface area (Å²) >= 11 is 12.0. The molecule has 0 saturated heterocycles. The van der Waals surface area contributed by atoms with E-state index >= 15 is 0 Å². The number of rotatable bonds is 4. The number of aliphatic hydroxyl groups excluding tert-OH is 2. The van der Waals surface area contributed by atoms with Gasteiger partial charge in [0.15, 0.2) is 0 Å². The van der Waals surface area contributed by atoms with Crippen LogP contribution in [-0.4, -0.2) is 16.3 Å². The first-order valence-corrected chi connectivity index (χ1v) is 6.69. The Balaban J connectivity index is 2.13. The molecule has 0 aliphatic carbocycles. The maximum atomic E-state index is 10.1. The first-order valence-electron chi connectivity index (χ1n) is 5.93. The topological polar surface area (TPSA) is 40.5 Å². The zero-order valence-electron chi connectivity index (χ0n) is 10.1. The van der Waals surface area contributed by atoms with E-state index in [4.69, 9.17) is 23.2 Å². The Morgan fingerprint density at radius 1 is 0.895 bits per heavy atom. The van der Waals surface area contributed by atoms with Crippen LogP contribution in [0.3, 0.4) is 0 Å². The van der Waals surface area contributed by atoms with Crippen LogP contribution in [0.5, 0.6) is 0 Å². The molecular weight excluding hydrogens is 283 g/mol. The molecule has 0 aliphatic rings. The van der Waals surface area contributed by atoms with Crippen molar-refractivity contribution < 1.29 is 10.2 Å². The standard InChI is InChI=1S/C15H14Cl2O2/c16-12-8-4-7-11(14(12)17)9-13(18)15(19)10-5-2-1-3-6-10/h1-8,13,15,18-19H,9H2. The third-order valence-corrected chi connectivity index (χ3v) is 3.82. The largest absolute Gasteiger partial charge is 0.390 e. The summed E-state index contributed by atoms with van der Waals surface area (Å²) in [6, 6.07) is 14.3. The van der Waals surface area contributed by atoms with Crippen molar-refractivity contribution in [3.05, 3.63) is 69.7 Å². The zero-order chi connectivity index (χ0) is 13.8. The molecule has 0 bridgehead atoms. The molecule has 0 spiro atoms. The Hall–Kier alpha value is -1.06. The summed E-state index contributed by atoms with van der Waals surface area (Å²) in [5, 5.41) is 21.0. The molecule has 2 N–H and O–H groups in total. The SMILES string of the molecule is OC(Cc1cccc(Cl)c1Cl)C(O)c1ccccc1. The Kier molecular flexibility index (Phi) is 4.83. The van der Waals surface area contributed by atoms with Crippen molar-refractivity contribution in [2.45, 2.75) is 18.6 Å². The molecule has 100 valence electrons. The second-order valence-electron chi connectivity index (χ2n) is 4.34. The molecule has 0 fully saturated rings. The van der Waals surface area contributed by atoms with Gasteiger partial charge in [0.25, 0.3) is 0 Å². The van der Waals surface area contributed by atoms with Crippen molar-refractivity contribution in [1.29, 1.82) is 0 Å². The highest BCUT2D eigenvalue weighted by molar-refractivity contribution is 6.42. The van der Waals surface area contributed by atoms with Gasteiger partial charge in [-0.1, -0.05) is 65.7 Å². The van der Waals surface area contributed by atoms with Crippen LogP contribution >= 0.6 is 23.2 Å². The van der Waals surface area contributed by atoms with Crippen LogP contribution in [0.4, 0.5) is 0 Å². The summed E-state index contributed by atoms with van der Waals surface area (Å²) in [5.74, 6) is 0. The minimum absolute atomic E-state index is 0.245. The minimum atomic E-state index is -0.948. The van der Waals surface area contributed by atoms with Gasteiger partial charge < -0.3 is 10.2 Å². The Bertz CT molecular complexity index is 543. The molecule has 0 amide bonds. The molecule has 2 nitrogen and oxygen atoms in total. The third kappa shape index (κ3) is 3.48. The summed E-state index contributed by atoms with van der Waals surface area (Å²) in [5.41, 5.74) is 1.39. The van der Waals surface area contributed by atoms with Gasteiger partial charge >= 0.3 is 0 Å². The van der Waals surface area contributed by atoms with Gasteiger partial charge in [-0.15, -0.1) is 0 Å². The summed E-state index contributed by atoms with van der Waals surface area (Å²) in [7, 11) is 0. The smallest absolute Gasteiger partial charge is 0.105 e. The highest BCUT2D eigenvalue weighted by atomic mass is 35.5. The lowest BCUT2D eigenvalue weighted by Gasteiger charge is -2.19. The van der Waals surface area contributed by atoms with E-state index in [2.05, 4.69) is 0 Å². The van der Waals surface area contributed by atoms with Crippen LogP contribution in [-0.2, 0) is 6.42 Å². The van der Waals surface area contributed by atoms with E-state index in [-0.39, 0.29) is 6.42 Å². The van der Waals surface area contributed by atoms with E-state index in [1.807, 2.05) is 18.2 Å². The molecule has 0 heterocycles. The predicted molar refractivity (Wildman–Crippen MR) is 77.6 cm³/mol. The zero-order valence-corrected chi connectivity index (χ0v) is 11.6. The summed E-state index contributed by atoms with van der Waals surface area (Å²) in [6.45, 7) is 0. The Morgan fingerprint density at radius 3 is 2.26 bits per heavy atom. The van der Waals surface area contributed by atoms with Gasteiger partial charge in [0.1, 0.15) is 6.10 Å². The van der Waals surface area contributed by atoms with E-state index in [0.29, 0.717) is 15.6 Å². The van der Waals surface area contributed by atoms with Crippen molar-refractivity contribution >= 4 is 23.2 Å². The molecule has 2 unspecified atom stereocenters. The van der Waals surface area contributed by atoms with Gasteiger partial charge in [-0.05, 0) is 17.2 Å². The fourth-order valence-electron chi connectivity index (χ4n) is 1.92. The fourth-order valence-corrected chi connectivity index (χ4v) is 2.31. The van der Waals surface area contributed by atoms with Crippen LogP contribution in [0.25, 0.3) is 0 Å². The van der Waals surface area contributed by atoms with Crippen molar-refractivity contribution in [3.63, 3.8) is 0 Å². The van der Waals surface area contributed by atoms with Gasteiger partial charge in [-0.25, -0.2) is 0 Å². The van der Waals surface area contributed by atoms with E-state index < -0.39 is 12.2 Å². The maximum Gasteiger partial charge on any atom is 0.105 e. The van der Waals surface area contributed by atoms with Crippen LogP contribution in [0.2, 0.25) is 10.0 Å². The number of benzene rings is 2. The number of hydrogen-bond acceptors (Lipinski definition) is 2. The molecule has 2 rings (SSSR count). The first-order chi connectivity index (χ1) is 9.09. The minimum Gasteiger partial charge on any atom is -0.390 e. The van der Waals surface area contributed by atoms with E-state index in [1.165, 1.54) is 0 Å². The molecule has 2 aromatic carbocycles. The van der Waals surface area contributed by atoms with Crippen LogP contribution in [0.15, 0.2) is 48.5 Å². The van der Waals surface area contributed by atoms with E-state index in [1.54, 1.807) is 30.3 Å². The first kappa shape index (κ1) is 14.4. The molecule has 0 saturated carbocycles.